The number of hydrogen-bond acceptors (Lipinski definition) is 4. The zero-order chi connectivity index (χ0) is 8.69. The molecule has 11 heavy (non-hydrogen) atoms. The second kappa shape index (κ2) is 6.49. The Balaban J connectivity index is 3.30. The molecule has 0 aromatic rings. The summed E-state index contributed by atoms with van der Waals surface area (Å²) in [5, 5.41) is 0. The van der Waals surface area contributed by atoms with Crippen molar-refractivity contribution in [3.05, 3.63) is 0 Å². The second-order valence-electron chi connectivity index (χ2n) is 2.20. The summed E-state index contributed by atoms with van der Waals surface area (Å²) in [4.78, 5) is 10.7. The summed E-state index contributed by atoms with van der Waals surface area (Å²) >= 11 is 3.90. The van der Waals surface area contributed by atoms with Gasteiger partial charge in [0.2, 0.25) is 0 Å². The van der Waals surface area contributed by atoms with Crippen molar-refractivity contribution in [2.45, 2.75) is 19.4 Å². The molecule has 0 spiro atoms. The van der Waals surface area contributed by atoms with E-state index in [0.29, 0.717) is 18.8 Å². The third-order valence-corrected chi connectivity index (χ3v) is 1.42. The third-order valence-electron chi connectivity index (χ3n) is 1.20. The maximum atomic E-state index is 10.7. The Morgan fingerprint density at radius 2 is 2.27 bits per heavy atom. The van der Waals surface area contributed by atoms with Crippen molar-refractivity contribution in [2.75, 3.05) is 19.5 Å². The monoisotopic (exact) mass is 178 g/mol. The van der Waals surface area contributed by atoms with Gasteiger partial charge in [0, 0.05) is 12.9 Å². The van der Waals surface area contributed by atoms with Crippen LogP contribution in [0.3, 0.4) is 0 Å². The van der Waals surface area contributed by atoms with Crippen LogP contribution >= 0.6 is 12.6 Å². The molecule has 4 heteroatoms. The standard InChI is InChI=1S/C7H14O3S/c1-6(9-2)5-10-7(8)3-4-11/h6,11H,3-5H2,1-2H3. The van der Waals surface area contributed by atoms with Gasteiger partial charge in [0.05, 0.1) is 12.5 Å². The molecule has 0 saturated heterocycles. The maximum Gasteiger partial charge on any atom is 0.306 e. The van der Waals surface area contributed by atoms with Gasteiger partial charge in [-0.25, -0.2) is 0 Å². The van der Waals surface area contributed by atoms with Crippen LogP contribution in [-0.4, -0.2) is 31.5 Å². The molecule has 0 fully saturated rings. The quantitative estimate of drug-likeness (QED) is 0.501. The minimum Gasteiger partial charge on any atom is -0.463 e. The highest BCUT2D eigenvalue weighted by Crippen LogP contribution is 1.93. The summed E-state index contributed by atoms with van der Waals surface area (Å²) in [7, 11) is 1.58. The third kappa shape index (κ3) is 6.19. The van der Waals surface area contributed by atoms with Crippen molar-refractivity contribution in [2.24, 2.45) is 0 Å². The van der Waals surface area contributed by atoms with Crippen molar-refractivity contribution in [3.63, 3.8) is 0 Å². The lowest BCUT2D eigenvalue weighted by Crippen LogP contribution is -2.17. The average molecular weight is 178 g/mol. The van der Waals surface area contributed by atoms with Crippen LogP contribution in [0.5, 0.6) is 0 Å². The van der Waals surface area contributed by atoms with Crippen LogP contribution in [0.1, 0.15) is 13.3 Å². The molecule has 0 rings (SSSR count). The Labute approximate surface area is 72.5 Å². The van der Waals surface area contributed by atoms with Crippen LogP contribution < -0.4 is 0 Å². The Morgan fingerprint density at radius 1 is 1.64 bits per heavy atom. The molecule has 0 aliphatic carbocycles. The van der Waals surface area contributed by atoms with Gasteiger partial charge in [-0.1, -0.05) is 0 Å². The number of esters is 1. The molecule has 0 N–H and O–H groups in total. The lowest BCUT2D eigenvalue weighted by molar-refractivity contribution is -0.146. The van der Waals surface area contributed by atoms with Gasteiger partial charge in [0.1, 0.15) is 6.61 Å². The SMILES string of the molecule is COC(C)COC(=O)CCS. The number of rotatable bonds is 5. The first-order chi connectivity index (χ1) is 5.20. The first kappa shape index (κ1) is 10.8. The highest BCUT2D eigenvalue weighted by molar-refractivity contribution is 7.80. The zero-order valence-corrected chi connectivity index (χ0v) is 7.77. The van der Waals surface area contributed by atoms with E-state index < -0.39 is 0 Å². The summed E-state index contributed by atoms with van der Waals surface area (Å²) < 4.78 is 9.70. The van der Waals surface area contributed by atoms with E-state index in [1.165, 1.54) is 0 Å². The smallest absolute Gasteiger partial charge is 0.306 e. The van der Waals surface area contributed by atoms with Gasteiger partial charge in [0.25, 0.3) is 0 Å². The lowest BCUT2D eigenvalue weighted by Gasteiger charge is -2.09. The largest absolute Gasteiger partial charge is 0.463 e. The number of hydrogen-bond donors (Lipinski definition) is 1. The average Bonchev–Trinajstić information content (AvgIpc) is 2.01. The van der Waals surface area contributed by atoms with E-state index in [-0.39, 0.29) is 12.1 Å². The molecule has 0 aromatic carbocycles. The summed E-state index contributed by atoms with van der Waals surface area (Å²) in [6, 6.07) is 0. The van der Waals surface area contributed by atoms with Crippen LogP contribution in [-0.2, 0) is 14.3 Å². The first-order valence-electron chi connectivity index (χ1n) is 3.50. The van der Waals surface area contributed by atoms with Crippen molar-refractivity contribution < 1.29 is 14.3 Å². The van der Waals surface area contributed by atoms with Crippen LogP contribution in [0.2, 0.25) is 0 Å². The fourth-order valence-electron chi connectivity index (χ4n) is 0.442. The first-order valence-corrected chi connectivity index (χ1v) is 4.13. The molecule has 0 bridgehead atoms. The van der Waals surface area contributed by atoms with Crippen molar-refractivity contribution in [1.82, 2.24) is 0 Å². The Morgan fingerprint density at radius 3 is 2.73 bits per heavy atom. The van der Waals surface area contributed by atoms with Crippen molar-refractivity contribution in [3.8, 4) is 0 Å². The van der Waals surface area contributed by atoms with Crippen molar-refractivity contribution >= 4 is 18.6 Å². The highest BCUT2D eigenvalue weighted by atomic mass is 32.1. The summed E-state index contributed by atoms with van der Waals surface area (Å²) in [5.74, 6) is 0.309. The molecule has 1 atom stereocenters. The summed E-state index contributed by atoms with van der Waals surface area (Å²) in [6.07, 6.45) is 0.332. The van der Waals surface area contributed by atoms with Gasteiger partial charge < -0.3 is 9.47 Å². The van der Waals surface area contributed by atoms with Gasteiger partial charge in [-0.3, -0.25) is 4.79 Å². The van der Waals surface area contributed by atoms with E-state index in [4.69, 9.17) is 9.47 Å². The van der Waals surface area contributed by atoms with Gasteiger partial charge in [-0.15, -0.1) is 0 Å². The van der Waals surface area contributed by atoms with Crippen molar-refractivity contribution in [1.29, 1.82) is 0 Å². The molecule has 0 aliphatic heterocycles. The molecule has 66 valence electrons. The van der Waals surface area contributed by atoms with E-state index in [0.717, 1.165) is 0 Å². The topological polar surface area (TPSA) is 35.5 Å². The molecule has 0 aromatic heterocycles. The molecule has 1 unspecified atom stereocenters. The molecule has 3 nitrogen and oxygen atoms in total. The Hall–Kier alpha value is -0.220. The maximum absolute atomic E-state index is 10.7. The normalized spacial score (nSPS) is 12.6. The second-order valence-corrected chi connectivity index (χ2v) is 2.65. The van der Waals surface area contributed by atoms with E-state index in [9.17, 15) is 4.79 Å². The minimum atomic E-state index is -0.219. The number of carbonyl (C=O) groups excluding carboxylic acids is 1. The fraction of sp³-hybridized carbons (Fsp3) is 0.857. The number of methoxy groups -OCH3 is 1. The van der Waals surface area contributed by atoms with Crippen LogP contribution in [0.15, 0.2) is 0 Å². The zero-order valence-electron chi connectivity index (χ0n) is 6.87. The predicted molar refractivity (Wildman–Crippen MR) is 45.9 cm³/mol. The fourth-order valence-corrected chi connectivity index (χ4v) is 0.624. The van der Waals surface area contributed by atoms with Crippen LogP contribution in [0.25, 0.3) is 0 Å². The van der Waals surface area contributed by atoms with E-state index >= 15 is 0 Å². The highest BCUT2D eigenvalue weighted by Gasteiger charge is 2.04. The molecule has 0 amide bonds. The molecule has 0 saturated carbocycles. The minimum absolute atomic E-state index is 0.0288. The molecular formula is C7H14O3S. The van der Waals surface area contributed by atoms with Gasteiger partial charge in [0.15, 0.2) is 0 Å². The van der Waals surface area contributed by atoms with E-state index in [1.807, 2.05) is 6.92 Å². The van der Waals surface area contributed by atoms with Gasteiger partial charge in [-0.05, 0) is 6.92 Å². The number of carbonyl (C=O) groups is 1. The molecule has 0 radical (unpaired) electrons. The Kier molecular flexibility index (Phi) is 6.36. The van der Waals surface area contributed by atoms with Gasteiger partial charge in [-0.2, -0.15) is 12.6 Å². The summed E-state index contributed by atoms with van der Waals surface area (Å²) in [5.41, 5.74) is 0. The van der Waals surface area contributed by atoms with Crippen LogP contribution in [0, 0.1) is 0 Å². The number of ether oxygens (including phenoxy) is 2. The molecule has 0 aliphatic rings. The number of thiol groups is 1. The van der Waals surface area contributed by atoms with Gasteiger partial charge >= 0.3 is 5.97 Å². The van der Waals surface area contributed by atoms with Crippen LogP contribution in [0.4, 0.5) is 0 Å². The molecular weight excluding hydrogens is 164 g/mol. The molecule has 0 heterocycles. The lowest BCUT2D eigenvalue weighted by atomic mass is 10.4. The van der Waals surface area contributed by atoms with E-state index in [2.05, 4.69) is 12.6 Å². The van der Waals surface area contributed by atoms with E-state index in [1.54, 1.807) is 7.11 Å². The predicted octanol–water partition coefficient (Wildman–Crippen LogP) is 0.884. The summed E-state index contributed by atoms with van der Waals surface area (Å²) in [6.45, 7) is 2.16. The Bertz CT molecular complexity index is 116.